The number of sulfone groups is 1. The molecule has 0 unspecified atom stereocenters. The van der Waals surface area contributed by atoms with Crippen LogP contribution < -0.4 is 15.4 Å². The van der Waals surface area contributed by atoms with E-state index in [-0.39, 0.29) is 30.5 Å². The Bertz CT molecular complexity index is 1420. The number of anilines is 1. The van der Waals surface area contributed by atoms with Gasteiger partial charge in [0.2, 0.25) is 5.91 Å². The van der Waals surface area contributed by atoms with Crippen LogP contribution in [0.25, 0.3) is 0 Å². The van der Waals surface area contributed by atoms with Gasteiger partial charge in [0, 0.05) is 19.1 Å². The highest BCUT2D eigenvalue weighted by atomic mass is 32.2. The van der Waals surface area contributed by atoms with Crippen molar-refractivity contribution in [2.75, 3.05) is 23.9 Å². The Balaban J connectivity index is 1.41. The van der Waals surface area contributed by atoms with E-state index in [4.69, 9.17) is 9.84 Å². The maximum atomic E-state index is 13.6. The van der Waals surface area contributed by atoms with Crippen LogP contribution in [0.2, 0.25) is 0 Å². The number of benzene rings is 1. The predicted molar refractivity (Wildman–Crippen MR) is 141 cm³/mol. The van der Waals surface area contributed by atoms with Crippen molar-refractivity contribution in [3.63, 3.8) is 0 Å². The summed E-state index contributed by atoms with van der Waals surface area (Å²) >= 11 is 0. The highest BCUT2D eigenvalue weighted by molar-refractivity contribution is 7.91. The molecular weight excluding hydrogens is 549 g/mol. The zero-order chi connectivity index (χ0) is 28.7. The van der Waals surface area contributed by atoms with Gasteiger partial charge in [-0.05, 0) is 55.4 Å². The van der Waals surface area contributed by atoms with E-state index in [2.05, 4.69) is 10.6 Å². The minimum absolute atomic E-state index is 0.00968. The number of rotatable bonds is 8. The average Bonchev–Trinajstić information content (AvgIpc) is 3.39. The molecule has 5 rings (SSSR count). The van der Waals surface area contributed by atoms with Crippen LogP contribution in [0.15, 0.2) is 18.2 Å². The quantitative estimate of drug-likeness (QED) is 0.450. The number of aromatic nitrogens is 2. The van der Waals surface area contributed by atoms with Crippen LogP contribution in [0.3, 0.4) is 0 Å². The number of fused-ring (bicyclic) bond motifs is 3. The molecule has 2 aromatic rings. The summed E-state index contributed by atoms with van der Waals surface area (Å²) in [6.07, 6.45) is 2.15. The van der Waals surface area contributed by atoms with E-state index in [1.54, 1.807) is 10.7 Å². The van der Waals surface area contributed by atoms with E-state index in [0.29, 0.717) is 30.7 Å². The van der Waals surface area contributed by atoms with E-state index in [0.717, 1.165) is 49.5 Å². The SMILES string of the molecule is CS(=O)(=O)CC(=O)Nc1c2c(nn1C1CCCCC1)C[C@]1(CCc3cc(OCCCC(F)(F)F)ccc31)NC2=O. The van der Waals surface area contributed by atoms with Gasteiger partial charge in [-0.1, -0.05) is 25.3 Å². The third kappa shape index (κ3) is 6.13. The Hall–Kier alpha value is -3.09. The summed E-state index contributed by atoms with van der Waals surface area (Å²) in [7, 11) is -3.57. The van der Waals surface area contributed by atoms with Crippen LogP contribution >= 0.6 is 0 Å². The Morgan fingerprint density at radius 1 is 1.25 bits per heavy atom. The Kier molecular flexibility index (Phi) is 7.62. The third-order valence-electron chi connectivity index (χ3n) is 7.89. The second kappa shape index (κ2) is 10.7. The molecular formula is C27H33F3N4O5S. The molecule has 1 aromatic carbocycles. The van der Waals surface area contributed by atoms with Crippen molar-refractivity contribution in [2.24, 2.45) is 0 Å². The number of carbonyl (C=O) groups excluding carboxylic acids is 2. The van der Waals surface area contributed by atoms with E-state index >= 15 is 0 Å². The summed E-state index contributed by atoms with van der Waals surface area (Å²) in [6, 6.07) is 5.36. The first kappa shape index (κ1) is 28.4. The molecule has 1 aromatic heterocycles. The Labute approximate surface area is 230 Å². The fourth-order valence-electron chi connectivity index (χ4n) is 6.16. The lowest BCUT2D eigenvalue weighted by molar-refractivity contribution is -0.136. The Morgan fingerprint density at radius 2 is 2.00 bits per heavy atom. The third-order valence-corrected chi connectivity index (χ3v) is 8.68. The molecule has 2 heterocycles. The minimum atomic E-state index is -4.22. The number of halogens is 3. The van der Waals surface area contributed by atoms with Crippen molar-refractivity contribution >= 4 is 27.5 Å². The molecule has 9 nitrogen and oxygen atoms in total. The minimum Gasteiger partial charge on any atom is -0.494 e. The normalized spacial score (nSPS) is 21.1. The largest absolute Gasteiger partial charge is 0.494 e. The molecule has 40 heavy (non-hydrogen) atoms. The van der Waals surface area contributed by atoms with Crippen molar-refractivity contribution in [3.8, 4) is 5.75 Å². The number of carbonyl (C=O) groups is 2. The second-order valence-corrected chi connectivity index (χ2v) is 13.3. The fraction of sp³-hybridized carbons (Fsp3) is 0.593. The molecule has 1 aliphatic heterocycles. The molecule has 1 atom stereocenters. The van der Waals surface area contributed by atoms with Gasteiger partial charge in [0.15, 0.2) is 9.84 Å². The molecule has 13 heteroatoms. The second-order valence-electron chi connectivity index (χ2n) is 11.1. The maximum Gasteiger partial charge on any atom is 0.389 e. The highest BCUT2D eigenvalue weighted by Crippen LogP contribution is 2.45. The molecule has 3 aliphatic rings. The zero-order valence-corrected chi connectivity index (χ0v) is 23.1. The van der Waals surface area contributed by atoms with Gasteiger partial charge < -0.3 is 15.4 Å². The van der Waals surface area contributed by atoms with Gasteiger partial charge in [0.1, 0.15) is 22.9 Å². The topological polar surface area (TPSA) is 119 Å². The van der Waals surface area contributed by atoms with Crippen molar-refractivity contribution in [3.05, 3.63) is 40.6 Å². The van der Waals surface area contributed by atoms with E-state index < -0.39 is 45.5 Å². The highest BCUT2D eigenvalue weighted by Gasteiger charge is 2.47. The monoisotopic (exact) mass is 582 g/mol. The molecule has 2 amide bonds. The van der Waals surface area contributed by atoms with Gasteiger partial charge in [-0.15, -0.1) is 0 Å². The first-order chi connectivity index (χ1) is 18.8. The van der Waals surface area contributed by atoms with Crippen LogP contribution in [0.5, 0.6) is 5.75 Å². The maximum absolute atomic E-state index is 13.6. The number of nitrogens with zero attached hydrogens (tertiary/aromatic N) is 2. The van der Waals surface area contributed by atoms with Gasteiger partial charge in [0.05, 0.1) is 23.9 Å². The summed E-state index contributed by atoms with van der Waals surface area (Å²) in [5.74, 6) is -1.08. The van der Waals surface area contributed by atoms with Gasteiger partial charge in [0.25, 0.3) is 5.91 Å². The molecule has 2 N–H and O–H groups in total. The lowest BCUT2D eigenvalue weighted by Gasteiger charge is -2.35. The average molecular weight is 583 g/mol. The van der Waals surface area contributed by atoms with Gasteiger partial charge >= 0.3 is 6.18 Å². The number of amides is 2. The van der Waals surface area contributed by atoms with Crippen LogP contribution in [-0.2, 0) is 33.0 Å². The molecule has 0 radical (unpaired) electrons. The van der Waals surface area contributed by atoms with Crippen LogP contribution in [0.4, 0.5) is 19.0 Å². The number of alkyl halides is 3. The van der Waals surface area contributed by atoms with E-state index in [9.17, 15) is 31.2 Å². The first-order valence-corrected chi connectivity index (χ1v) is 15.6. The zero-order valence-electron chi connectivity index (χ0n) is 22.3. The summed E-state index contributed by atoms with van der Waals surface area (Å²) in [6.45, 7) is -0.0457. The van der Waals surface area contributed by atoms with Crippen molar-refractivity contribution in [1.29, 1.82) is 0 Å². The summed E-state index contributed by atoms with van der Waals surface area (Å²) < 4.78 is 67.9. The van der Waals surface area contributed by atoms with Crippen LogP contribution in [-0.4, -0.2) is 54.8 Å². The van der Waals surface area contributed by atoms with Gasteiger partial charge in [-0.3, -0.25) is 9.59 Å². The number of aryl methyl sites for hydroxylation is 1. The van der Waals surface area contributed by atoms with Gasteiger partial charge in [-0.25, -0.2) is 13.1 Å². The fourth-order valence-corrected chi connectivity index (χ4v) is 6.71. The Morgan fingerprint density at radius 3 is 2.70 bits per heavy atom. The molecule has 1 spiro atoms. The lowest BCUT2D eigenvalue weighted by Crippen LogP contribution is -2.49. The molecule has 0 bridgehead atoms. The first-order valence-electron chi connectivity index (χ1n) is 13.6. The standard InChI is InChI=1S/C27H33F3N4O5S/c1-40(37,38)16-22(35)31-24-23-21(33-34(24)18-6-3-2-4-7-18)15-26(32-25(23)36)12-10-17-14-19(8-9-20(17)26)39-13-5-11-27(28,29)30/h8-9,14,18H,2-7,10-13,15-16H2,1H3,(H,31,35)(H,32,36)/t26-/m0/s1. The van der Waals surface area contributed by atoms with Crippen LogP contribution in [0.1, 0.15) is 84.6 Å². The van der Waals surface area contributed by atoms with Crippen LogP contribution in [0, 0.1) is 0 Å². The van der Waals surface area contributed by atoms with E-state index in [1.807, 2.05) is 12.1 Å². The predicted octanol–water partition coefficient (Wildman–Crippen LogP) is 4.22. The number of hydrogen-bond acceptors (Lipinski definition) is 6. The molecule has 2 aliphatic carbocycles. The van der Waals surface area contributed by atoms with E-state index in [1.165, 1.54) is 0 Å². The van der Waals surface area contributed by atoms with Crippen molar-refractivity contribution < 1.29 is 35.9 Å². The van der Waals surface area contributed by atoms with Crippen molar-refractivity contribution in [2.45, 2.75) is 82.0 Å². The number of hydrogen-bond donors (Lipinski definition) is 2. The number of nitrogens with one attached hydrogen (secondary N) is 2. The smallest absolute Gasteiger partial charge is 0.389 e. The summed E-state index contributed by atoms with van der Waals surface area (Å²) in [4.78, 5) is 26.2. The summed E-state index contributed by atoms with van der Waals surface area (Å²) in [5, 5.41) is 10.6. The van der Waals surface area contributed by atoms with Gasteiger partial charge in [-0.2, -0.15) is 18.3 Å². The number of ether oxygens (including phenoxy) is 1. The summed E-state index contributed by atoms with van der Waals surface area (Å²) in [5.41, 5.74) is 1.95. The molecule has 1 fully saturated rings. The molecule has 1 saturated carbocycles. The molecule has 0 saturated heterocycles. The van der Waals surface area contributed by atoms with Crippen molar-refractivity contribution in [1.82, 2.24) is 15.1 Å². The lowest BCUT2D eigenvalue weighted by atomic mass is 9.82. The molecule has 218 valence electrons.